The second kappa shape index (κ2) is 7.51. The van der Waals surface area contributed by atoms with Crippen molar-refractivity contribution >= 4 is 49.8 Å². The van der Waals surface area contributed by atoms with Crippen molar-refractivity contribution in [2.45, 2.75) is 13.0 Å². The van der Waals surface area contributed by atoms with Gasteiger partial charge in [0.1, 0.15) is 0 Å². The lowest BCUT2D eigenvalue weighted by molar-refractivity contribution is -0.117. The van der Waals surface area contributed by atoms with Gasteiger partial charge in [0, 0.05) is 11.6 Å². The summed E-state index contributed by atoms with van der Waals surface area (Å²) >= 11 is 7.57. The van der Waals surface area contributed by atoms with Gasteiger partial charge in [-0.2, -0.15) is 4.99 Å². The van der Waals surface area contributed by atoms with Crippen molar-refractivity contribution in [2.24, 2.45) is 4.99 Å². The number of carbonyl (C=O) groups excluding carboxylic acids is 1. The molecule has 3 aromatic carbocycles. The van der Waals surface area contributed by atoms with Gasteiger partial charge < -0.3 is 4.57 Å². The highest BCUT2D eigenvalue weighted by atomic mass is 35.5. The van der Waals surface area contributed by atoms with E-state index in [-0.39, 0.29) is 12.3 Å². The van der Waals surface area contributed by atoms with E-state index in [9.17, 15) is 4.79 Å². The molecule has 0 fully saturated rings. The molecular weight excluding hydrogens is 376 g/mol. The molecule has 0 unspecified atom stereocenters. The Morgan fingerprint density at radius 1 is 1.15 bits per heavy atom. The summed E-state index contributed by atoms with van der Waals surface area (Å²) < 4.78 is 2.99. The van der Waals surface area contributed by atoms with Crippen molar-refractivity contribution in [1.29, 1.82) is 0 Å². The van der Waals surface area contributed by atoms with Gasteiger partial charge in [0.05, 0.1) is 16.6 Å². The zero-order chi connectivity index (χ0) is 18.8. The number of fused-ring (bicyclic) bond motifs is 2. The normalized spacial score (nSPS) is 12.0. The van der Waals surface area contributed by atoms with Gasteiger partial charge in [0.2, 0.25) is 0 Å². The van der Waals surface area contributed by atoms with Crippen LogP contribution in [0.4, 0.5) is 0 Å². The molecule has 0 N–H and O–H groups in total. The quantitative estimate of drug-likeness (QED) is 0.430. The summed E-state index contributed by atoms with van der Waals surface area (Å²) in [5, 5.41) is 2.88. The predicted molar refractivity (Wildman–Crippen MR) is 113 cm³/mol. The fourth-order valence-electron chi connectivity index (χ4n) is 3.19. The van der Waals surface area contributed by atoms with E-state index in [1.165, 1.54) is 11.3 Å². The van der Waals surface area contributed by atoms with Gasteiger partial charge in [0.15, 0.2) is 4.80 Å². The van der Waals surface area contributed by atoms with Crippen molar-refractivity contribution in [2.75, 3.05) is 0 Å². The van der Waals surface area contributed by atoms with Crippen molar-refractivity contribution in [3.8, 4) is 0 Å². The molecular formula is C22H17ClN2OS. The monoisotopic (exact) mass is 392 g/mol. The van der Waals surface area contributed by atoms with Crippen LogP contribution in [0.15, 0.2) is 78.3 Å². The molecule has 0 aliphatic carbocycles. The molecule has 1 amide bonds. The summed E-state index contributed by atoms with van der Waals surface area (Å²) in [5.74, 6) is -0.165. The lowest BCUT2D eigenvalue weighted by Crippen LogP contribution is -2.17. The van der Waals surface area contributed by atoms with E-state index < -0.39 is 0 Å². The number of rotatable bonds is 4. The Bertz CT molecular complexity index is 1230. The zero-order valence-electron chi connectivity index (χ0n) is 14.6. The highest BCUT2D eigenvalue weighted by Gasteiger charge is 2.09. The molecule has 0 aliphatic heterocycles. The number of allylic oxidation sites excluding steroid dienone is 1. The summed E-state index contributed by atoms with van der Waals surface area (Å²) in [5.41, 5.74) is 1.99. The molecule has 134 valence electrons. The molecule has 5 heteroatoms. The number of hydrogen-bond acceptors (Lipinski definition) is 2. The van der Waals surface area contributed by atoms with Crippen LogP contribution < -0.4 is 4.80 Å². The SMILES string of the molecule is C=CCn1c(=NC(=O)Cc2cccc3ccccc23)sc2cc(Cl)ccc21. The Kier molecular flexibility index (Phi) is 4.92. The summed E-state index contributed by atoms with van der Waals surface area (Å²) in [6, 6.07) is 19.8. The van der Waals surface area contributed by atoms with Gasteiger partial charge in [-0.3, -0.25) is 4.79 Å². The molecule has 1 aromatic heterocycles. The first-order chi connectivity index (χ1) is 13.2. The molecule has 0 aliphatic rings. The van der Waals surface area contributed by atoms with Gasteiger partial charge in [0.25, 0.3) is 5.91 Å². The number of hydrogen-bond donors (Lipinski definition) is 0. The number of aromatic nitrogens is 1. The van der Waals surface area contributed by atoms with Gasteiger partial charge in [-0.1, -0.05) is 71.5 Å². The summed E-state index contributed by atoms with van der Waals surface area (Å²) in [6.07, 6.45) is 2.07. The Labute approximate surface area is 165 Å². The van der Waals surface area contributed by atoms with E-state index in [2.05, 4.69) is 11.6 Å². The highest BCUT2D eigenvalue weighted by Crippen LogP contribution is 2.22. The maximum Gasteiger partial charge on any atom is 0.252 e. The molecule has 27 heavy (non-hydrogen) atoms. The van der Waals surface area contributed by atoms with E-state index in [4.69, 9.17) is 11.6 Å². The van der Waals surface area contributed by atoms with Crippen molar-refractivity contribution < 1.29 is 4.79 Å². The number of benzene rings is 3. The molecule has 0 atom stereocenters. The third-order valence-electron chi connectivity index (χ3n) is 4.40. The molecule has 0 bridgehead atoms. The number of carbonyl (C=O) groups is 1. The van der Waals surface area contributed by atoms with Gasteiger partial charge in [-0.15, -0.1) is 6.58 Å². The Morgan fingerprint density at radius 2 is 1.96 bits per heavy atom. The molecule has 0 radical (unpaired) electrons. The standard InChI is InChI=1S/C22H17ClN2OS/c1-2-12-25-19-11-10-17(23)14-20(19)27-22(25)24-21(26)13-16-8-5-7-15-6-3-4-9-18(15)16/h2-11,14H,1,12-13H2. The lowest BCUT2D eigenvalue weighted by Gasteiger charge is -2.04. The summed E-state index contributed by atoms with van der Waals surface area (Å²) in [4.78, 5) is 17.8. The minimum atomic E-state index is -0.165. The summed E-state index contributed by atoms with van der Waals surface area (Å²) in [7, 11) is 0. The lowest BCUT2D eigenvalue weighted by atomic mass is 10.0. The van der Waals surface area contributed by atoms with Crippen LogP contribution in [0.25, 0.3) is 21.0 Å². The largest absolute Gasteiger partial charge is 0.313 e. The van der Waals surface area contributed by atoms with Gasteiger partial charge in [-0.05, 0) is 34.5 Å². The number of amides is 1. The first-order valence-electron chi connectivity index (χ1n) is 8.60. The second-order valence-corrected chi connectivity index (χ2v) is 7.66. The summed E-state index contributed by atoms with van der Waals surface area (Å²) in [6.45, 7) is 4.40. The molecule has 4 aromatic rings. The highest BCUT2D eigenvalue weighted by molar-refractivity contribution is 7.16. The van der Waals surface area contributed by atoms with Gasteiger partial charge in [-0.25, -0.2) is 0 Å². The predicted octanol–water partition coefficient (Wildman–Crippen LogP) is 5.37. The van der Waals surface area contributed by atoms with E-state index in [1.54, 1.807) is 6.08 Å². The van der Waals surface area contributed by atoms with Crippen LogP contribution in [0.3, 0.4) is 0 Å². The first-order valence-corrected chi connectivity index (χ1v) is 9.79. The van der Waals surface area contributed by atoms with Crippen molar-refractivity contribution in [3.63, 3.8) is 0 Å². The molecule has 1 heterocycles. The van der Waals surface area contributed by atoms with E-state index in [1.807, 2.05) is 65.2 Å². The van der Waals surface area contributed by atoms with Crippen molar-refractivity contribution in [3.05, 3.63) is 88.7 Å². The van der Waals surface area contributed by atoms with Gasteiger partial charge >= 0.3 is 0 Å². The van der Waals surface area contributed by atoms with Crippen LogP contribution in [0.1, 0.15) is 5.56 Å². The van der Waals surface area contributed by atoms with Crippen LogP contribution in [0, 0.1) is 0 Å². The molecule has 0 saturated heterocycles. The molecule has 4 rings (SSSR count). The fourth-order valence-corrected chi connectivity index (χ4v) is 4.53. The maximum atomic E-state index is 12.7. The minimum absolute atomic E-state index is 0.165. The Hall–Kier alpha value is -2.69. The molecule has 0 saturated carbocycles. The van der Waals surface area contributed by atoms with Crippen LogP contribution in [0.2, 0.25) is 5.02 Å². The molecule has 0 spiro atoms. The number of thiazole rings is 1. The van der Waals surface area contributed by atoms with Crippen LogP contribution >= 0.6 is 22.9 Å². The average molecular weight is 393 g/mol. The molecule has 3 nitrogen and oxygen atoms in total. The maximum absolute atomic E-state index is 12.7. The first kappa shape index (κ1) is 17.7. The van der Waals surface area contributed by atoms with Crippen LogP contribution in [0.5, 0.6) is 0 Å². The van der Waals surface area contributed by atoms with Crippen LogP contribution in [-0.4, -0.2) is 10.5 Å². The second-order valence-electron chi connectivity index (χ2n) is 6.22. The van der Waals surface area contributed by atoms with E-state index in [0.717, 1.165) is 26.6 Å². The third-order valence-corrected chi connectivity index (χ3v) is 5.67. The Balaban J connectivity index is 1.75. The number of halogens is 1. The average Bonchev–Trinajstić information content (AvgIpc) is 2.98. The Morgan fingerprint density at radius 3 is 2.81 bits per heavy atom. The van der Waals surface area contributed by atoms with E-state index >= 15 is 0 Å². The fraction of sp³-hybridized carbons (Fsp3) is 0.0909. The zero-order valence-corrected chi connectivity index (χ0v) is 16.1. The number of nitrogens with zero attached hydrogens (tertiary/aromatic N) is 2. The smallest absolute Gasteiger partial charge is 0.252 e. The van der Waals surface area contributed by atoms with Crippen molar-refractivity contribution in [1.82, 2.24) is 4.57 Å². The van der Waals surface area contributed by atoms with E-state index in [0.29, 0.717) is 16.4 Å². The minimum Gasteiger partial charge on any atom is -0.313 e. The third kappa shape index (κ3) is 3.59. The van der Waals surface area contributed by atoms with Crippen LogP contribution in [-0.2, 0) is 17.8 Å². The topological polar surface area (TPSA) is 34.4 Å².